The third-order valence-electron chi connectivity index (χ3n) is 4.70. The van der Waals surface area contributed by atoms with Gasteiger partial charge >= 0.3 is 6.18 Å². The molecule has 3 aromatic rings. The summed E-state index contributed by atoms with van der Waals surface area (Å²) < 4.78 is 46.2. The predicted octanol–water partition coefficient (Wildman–Crippen LogP) is 6.40. The monoisotopic (exact) mass is 550 g/mol. The molecule has 2 aromatic carbocycles. The number of imide groups is 1. The highest BCUT2D eigenvalue weighted by molar-refractivity contribution is 9.10. The van der Waals surface area contributed by atoms with Gasteiger partial charge in [0.15, 0.2) is 0 Å². The van der Waals surface area contributed by atoms with Gasteiger partial charge in [-0.1, -0.05) is 34.1 Å². The van der Waals surface area contributed by atoms with Crippen molar-refractivity contribution < 1.29 is 32.0 Å². The minimum atomic E-state index is -4.57. The number of carbonyl (C=O) groups excluding carboxylic acids is 3. The Morgan fingerprint density at radius 1 is 1.06 bits per heavy atom. The predicted molar refractivity (Wildman–Crippen MR) is 125 cm³/mol. The van der Waals surface area contributed by atoms with E-state index in [0.717, 1.165) is 15.4 Å². The normalized spacial score (nSPS) is 15.3. The van der Waals surface area contributed by atoms with Gasteiger partial charge in [0.1, 0.15) is 18.1 Å². The molecule has 0 saturated carbocycles. The molecule has 4 rings (SSSR count). The second-order valence-corrected chi connectivity index (χ2v) is 8.98. The molecule has 6 nitrogen and oxygen atoms in total. The van der Waals surface area contributed by atoms with Gasteiger partial charge in [0.05, 0.1) is 10.5 Å². The Kier molecular flexibility index (Phi) is 6.67. The van der Waals surface area contributed by atoms with Crippen LogP contribution in [-0.2, 0) is 15.8 Å². The Morgan fingerprint density at radius 2 is 1.76 bits per heavy atom. The summed E-state index contributed by atoms with van der Waals surface area (Å²) in [5.41, 5.74) is -0.502. The van der Waals surface area contributed by atoms with Crippen molar-refractivity contribution in [1.82, 2.24) is 4.90 Å². The van der Waals surface area contributed by atoms with Gasteiger partial charge in [-0.15, -0.1) is 0 Å². The molecule has 1 saturated heterocycles. The summed E-state index contributed by atoms with van der Waals surface area (Å²) in [5.74, 6) is -1.20. The van der Waals surface area contributed by atoms with Gasteiger partial charge in [-0.2, -0.15) is 13.2 Å². The Bertz CT molecular complexity index is 1300. The highest BCUT2D eigenvalue weighted by Crippen LogP contribution is 2.38. The second-order valence-electron chi connectivity index (χ2n) is 7.07. The fraction of sp³-hybridized carbons (Fsp3) is 0.0870. The van der Waals surface area contributed by atoms with Crippen LogP contribution in [0.2, 0.25) is 0 Å². The second kappa shape index (κ2) is 9.51. The quantitative estimate of drug-likeness (QED) is 0.371. The summed E-state index contributed by atoms with van der Waals surface area (Å²) in [6, 6.07) is 14.5. The number of halogens is 4. The zero-order valence-corrected chi connectivity index (χ0v) is 19.5. The summed E-state index contributed by atoms with van der Waals surface area (Å²) in [6.45, 7) is -0.486. The standard InChI is InChI=1S/C23H14BrF3N2O4S/c24-13-5-7-14(8-6-13)28-20(30)12-29-21(31)19(34-22(29)32)11-15-9-10-18(33-15)16-3-1-2-4-17(16)23(25,26)27/h1-11H,12H2,(H,28,30)/b19-11+. The minimum Gasteiger partial charge on any atom is -0.457 e. The molecule has 0 bridgehead atoms. The van der Waals surface area contributed by atoms with Crippen molar-refractivity contribution >= 4 is 56.5 Å². The van der Waals surface area contributed by atoms with Crippen molar-refractivity contribution in [3.05, 3.63) is 81.4 Å². The number of benzene rings is 2. The molecule has 34 heavy (non-hydrogen) atoms. The van der Waals surface area contributed by atoms with E-state index in [4.69, 9.17) is 4.42 Å². The molecule has 3 amide bonds. The van der Waals surface area contributed by atoms with E-state index in [-0.39, 0.29) is 22.0 Å². The number of rotatable bonds is 5. The van der Waals surface area contributed by atoms with Gasteiger partial charge in [-0.25, -0.2) is 0 Å². The van der Waals surface area contributed by atoms with Gasteiger partial charge in [0.25, 0.3) is 11.1 Å². The van der Waals surface area contributed by atoms with Crippen LogP contribution in [0.4, 0.5) is 23.7 Å². The van der Waals surface area contributed by atoms with Crippen molar-refractivity contribution in [3.63, 3.8) is 0 Å². The molecule has 2 heterocycles. The zero-order chi connectivity index (χ0) is 24.5. The molecule has 0 radical (unpaired) electrons. The number of nitrogens with one attached hydrogen (secondary N) is 1. The van der Waals surface area contributed by atoms with Gasteiger partial charge in [-0.05, 0) is 54.2 Å². The molecular formula is C23H14BrF3N2O4S. The number of furan rings is 1. The first-order chi connectivity index (χ1) is 16.1. The third kappa shape index (κ3) is 5.26. The van der Waals surface area contributed by atoms with Crippen LogP contribution in [0.5, 0.6) is 0 Å². The largest absolute Gasteiger partial charge is 0.457 e. The number of alkyl halides is 3. The summed E-state index contributed by atoms with van der Waals surface area (Å²) in [4.78, 5) is 38.0. The highest BCUT2D eigenvalue weighted by Gasteiger charge is 2.37. The smallest absolute Gasteiger partial charge is 0.417 e. The molecular weight excluding hydrogens is 537 g/mol. The van der Waals surface area contributed by atoms with E-state index in [0.29, 0.717) is 17.4 Å². The topological polar surface area (TPSA) is 79.6 Å². The van der Waals surface area contributed by atoms with E-state index in [9.17, 15) is 27.6 Å². The molecule has 1 aliphatic rings. The molecule has 0 atom stereocenters. The summed E-state index contributed by atoms with van der Waals surface area (Å²) in [5, 5.41) is 1.95. The lowest BCUT2D eigenvalue weighted by molar-refractivity contribution is -0.137. The molecule has 174 valence electrons. The van der Waals surface area contributed by atoms with Crippen molar-refractivity contribution in [2.75, 3.05) is 11.9 Å². The van der Waals surface area contributed by atoms with Crippen LogP contribution in [0, 0.1) is 0 Å². The van der Waals surface area contributed by atoms with E-state index < -0.39 is 35.3 Å². The summed E-state index contributed by atoms with van der Waals surface area (Å²) in [6.07, 6.45) is -3.31. The van der Waals surface area contributed by atoms with Crippen LogP contribution in [0.25, 0.3) is 17.4 Å². The van der Waals surface area contributed by atoms with E-state index >= 15 is 0 Å². The lowest BCUT2D eigenvalue weighted by Crippen LogP contribution is -2.36. The van der Waals surface area contributed by atoms with E-state index in [1.54, 1.807) is 24.3 Å². The van der Waals surface area contributed by atoms with Crippen molar-refractivity contribution in [3.8, 4) is 11.3 Å². The first-order valence-electron chi connectivity index (χ1n) is 9.69. The summed E-state index contributed by atoms with van der Waals surface area (Å²) >= 11 is 3.89. The molecule has 11 heteroatoms. The van der Waals surface area contributed by atoms with Crippen LogP contribution in [0.1, 0.15) is 11.3 Å². The lowest BCUT2D eigenvalue weighted by Gasteiger charge is -2.12. The number of hydrogen-bond acceptors (Lipinski definition) is 5. The van der Waals surface area contributed by atoms with Crippen LogP contribution in [0.15, 0.2) is 74.5 Å². The minimum absolute atomic E-state index is 0.00792. The first-order valence-corrected chi connectivity index (χ1v) is 11.3. The molecule has 1 aliphatic heterocycles. The fourth-order valence-corrected chi connectivity index (χ4v) is 4.25. The van der Waals surface area contributed by atoms with Crippen LogP contribution < -0.4 is 5.32 Å². The Labute approximate surface area is 203 Å². The van der Waals surface area contributed by atoms with Crippen molar-refractivity contribution in [2.45, 2.75) is 6.18 Å². The first kappa shape index (κ1) is 23.8. The number of carbonyl (C=O) groups is 3. The van der Waals surface area contributed by atoms with Crippen molar-refractivity contribution in [2.24, 2.45) is 0 Å². The molecule has 1 fully saturated rings. The third-order valence-corrected chi connectivity index (χ3v) is 6.14. The number of amides is 3. The van der Waals surface area contributed by atoms with Crippen LogP contribution in [-0.4, -0.2) is 28.5 Å². The van der Waals surface area contributed by atoms with Gasteiger partial charge in [0.2, 0.25) is 5.91 Å². The van der Waals surface area contributed by atoms with E-state index in [1.807, 2.05) is 0 Å². The average molecular weight is 551 g/mol. The van der Waals surface area contributed by atoms with Crippen LogP contribution >= 0.6 is 27.7 Å². The maximum atomic E-state index is 13.3. The van der Waals surface area contributed by atoms with Gasteiger partial charge < -0.3 is 9.73 Å². The van der Waals surface area contributed by atoms with Gasteiger partial charge in [-0.3, -0.25) is 19.3 Å². The zero-order valence-electron chi connectivity index (χ0n) is 17.1. The van der Waals surface area contributed by atoms with E-state index in [1.165, 1.54) is 36.4 Å². The molecule has 1 N–H and O–H groups in total. The maximum absolute atomic E-state index is 13.3. The SMILES string of the molecule is O=C(CN1C(=O)S/C(=C/c2ccc(-c3ccccc3C(F)(F)F)o2)C1=O)Nc1ccc(Br)cc1. The fourth-order valence-electron chi connectivity index (χ4n) is 3.16. The molecule has 0 spiro atoms. The lowest BCUT2D eigenvalue weighted by atomic mass is 10.1. The number of hydrogen-bond donors (Lipinski definition) is 1. The maximum Gasteiger partial charge on any atom is 0.417 e. The Balaban J connectivity index is 1.48. The van der Waals surface area contributed by atoms with Crippen molar-refractivity contribution in [1.29, 1.82) is 0 Å². The number of anilines is 1. The molecule has 0 unspecified atom stereocenters. The highest BCUT2D eigenvalue weighted by atomic mass is 79.9. The van der Waals surface area contributed by atoms with Crippen LogP contribution in [0.3, 0.4) is 0 Å². The number of nitrogens with zero attached hydrogens (tertiary/aromatic N) is 1. The van der Waals surface area contributed by atoms with Gasteiger partial charge in [0, 0.05) is 21.8 Å². The number of thioether (sulfide) groups is 1. The Hall–Kier alpha value is -3.31. The average Bonchev–Trinajstić information content (AvgIpc) is 3.35. The summed E-state index contributed by atoms with van der Waals surface area (Å²) in [7, 11) is 0. The Morgan fingerprint density at radius 3 is 2.47 bits per heavy atom. The van der Waals surface area contributed by atoms with E-state index in [2.05, 4.69) is 21.2 Å². The molecule has 0 aliphatic carbocycles. The molecule has 1 aromatic heterocycles.